The van der Waals surface area contributed by atoms with Crippen LogP contribution in [0.3, 0.4) is 0 Å². The number of carbonyl (C=O) groups excluding carboxylic acids is 1. The summed E-state index contributed by atoms with van der Waals surface area (Å²) in [5.74, 6) is -0.0856. The molecule has 0 bridgehead atoms. The number of carbonyl (C=O) groups is 1. The maximum atomic E-state index is 13.2. The Morgan fingerprint density at radius 2 is 1.61 bits per heavy atom. The van der Waals surface area contributed by atoms with Gasteiger partial charge >= 0.3 is 0 Å². The van der Waals surface area contributed by atoms with E-state index >= 15 is 0 Å². The molecule has 0 aliphatic carbocycles. The molecule has 0 atom stereocenters. The van der Waals surface area contributed by atoms with Crippen molar-refractivity contribution in [1.29, 1.82) is 0 Å². The van der Waals surface area contributed by atoms with E-state index in [0.29, 0.717) is 6.54 Å². The summed E-state index contributed by atoms with van der Waals surface area (Å²) >= 11 is 0. The third-order valence-corrected chi connectivity index (χ3v) is 5.56. The molecule has 0 saturated carbocycles. The third kappa shape index (κ3) is 3.51. The van der Waals surface area contributed by atoms with Gasteiger partial charge < -0.3 is 19.3 Å². The fourth-order valence-corrected chi connectivity index (χ4v) is 4.14. The van der Waals surface area contributed by atoms with Crippen LogP contribution in [0, 0.1) is 5.82 Å². The molecule has 0 N–H and O–H groups in total. The first-order valence-electron chi connectivity index (χ1n) is 9.98. The van der Waals surface area contributed by atoms with Crippen molar-refractivity contribution in [1.82, 2.24) is 14.4 Å². The van der Waals surface area contributed by atoms with Crippen molar-refractivity contribution < 1.29 is 9.18 Å². The van der Waals surface area contributed by atoms with Crippen LogP contribution in [-0.4, -0.2) is 59.5 Å². The van der Waals surface area contributed by atoms with Crippen LogP contribution < -0.4 is 4.90 Å². The molecule has 1 amide bonds. The summed E-state index contributed by atoms with van der Waals surface area (Å²) in [5, 5.41) is 0. The van der Waals surface area contributed by atoms with E-state index < -0.39 is 0 Å². The summed E-state index contributed by atoms with van der Waals surface area (Å²) < 4.78 is 15.2. The van der Waals surface area contributed by atoms with E-state index in [1.165, 1.54) is 12.1 Å². The van der Waals surface area contributed by atoms with Crippen molar-refractivity contribution in [2.45, 2.75) is 13.3 Å². The molecule has 0 radical (unpaired) electrons. The van der Waals surface area contributed by atoms with Crippen molar-refractivity contribution in [3.05, 3.63) is 59.7 Å². The minimum atomic E-state index is -0.205. The molecule has 6 heteroatoms. The fraction of sp³-hybridized carbons (Fsp3) is 0.409. The van der Waals surface area contributed by atoms with Crippen molar-refractivity contribution in [3.63, 3.8) is 0 Å². The van der Waals surface area contributed by atoms with E-state index in [4.69, 9.17) is 0 Å². The Bertz CT molecular complexity index is 878. The molecule has 1 fully saturated rings. The Kier molecular flexibility index (Phi) is 5.11. The van der Waals surface area contributed by atoms with Crippen LogP contribution in [0.2, 0.25) is 0 Å². The summed E-state index contributed by atoms with van der Waals surface area (Å²) in [4.78, 5) is 19.5. The molecule has 2 aliphatic rings. The summed E-state index contributed by atoms with van der Waals surface area (Å²) in [6, 6.07) is 6.71. The van der Waals surface area contributed by atoms with E-state index in [2.05, 4.69) is 29.0 Å². The zero-order chi connectivity index (χ0) is 19.7. The van der Waals surface area contributed by atoms with Crippen LogP contribution in [0.5, 0.6) is 0 Å². The number of hydrogen-bond acceptors (Lipinski definition) is 3. The molecule has 3 heterocycles. The van der Waals surface area contributed by atoms with Crippen molar-refractivity contribution >= 4 is 17.3 Å². The predicted molar refractivity (Wildman–Crippen MR) is 110 cm³/mol. The molecule has 148 valence electrons. The molecule has 2 aromatic rings. The zero-order valence-corrected chi connectivity index (χ0v) is 16.6. The van der Waals surface area contributed by atoms with E-state index in [1.54, 1.807) is 0 Å². The molecule has 28 heavy (non-hydrogen) atoms. The third-order valence-electron chi connectivity index (χ3n) is 5.56. The lowest BCUT2D eigenvalue weighted by molar-refractivity contribution is 0.0775. The molecular formula is C22H27FN4O. The van der Waals surface area contributed by atoms with Gasteiger partial charge in [0.05, 0.1) is 5.56 Å². The summed E-state index contributed by atoms with van der Waals surface area (Å²) in [7, 11) is 1.97. The Labute approximate surface area is 165 Å². The Morgan fingerprint density at radius 1 is 0.964 bits per heavy atom. The van der Waals surface area contributed by atoms with Crippen LogP contribution >= 0.6 is 0 Å². The van der Waals surface area contributed by atoms with Crippen LogP contribution in [0.25, 0.3) is 5.70 Å². The number of amides is 1. The number of aromatic nitrogens is 1. The molecular weight excluding hydrogens is 355 g/mol. The van der Waals surface area contributed by atoms with Gasteiger partial charge in [0.25, 0.3) is 5.91 Å². The highest BCUT2D eigenvalue weighted by atomic mass is 19.1. The molecule has 0 spiro atoms. The molecule has 1 aromatic carbocycles. The number of piperazine rings is 1. The van der Waals surface area contributed by atoms with Gasteiger partial charge in [-0.15, -0.1) is 0 Å². The topological polar surface area (TPSA) is 31.7 Å². The van der Waals surface area contributed by atoms with Gasteiger partial charge in [0.15, 0.2) is 0 Å². The van der Waals surface area contributed by atoms with Crippen LogP contribution in [-0.2, 0) is 7.05 Å². The van der Waals surface area contributed by atoms with E-state index in [1.807, 2.05) is 34.8 Å². The van der Waals surface area contributed by atoms with Crippen LogP contribution in [0.4, 0.5) is 10.1 Å². The van der Waals surface area contributed by atoms with Gasteiger partial charge in [0.1, 0.15) is 5.82 Å². The van der Waals surface area contributed by atoms with Gasteiger partial charge in [0.2, 0.25) is 0 Å². The van der Waals surface area contributed by atoms with Gasteiger partial charge in [-0.1, -0.05) is 6.92 Å². The van der Waals surface area contributed by atoms with E-state index in [-0.39, 0.29) is 11.7 Å². The standard InChI is InChI=1S/C22H27FN4O/c1-3-9-27-10-8-21(19-15-24(2)16-20(19)22(27)28)26-13-11-25(12-14-26)18-6-4-17(23)5-7-18/h4-8,15-16H,3,9-14H2,1-2H3. The summed E-state index contributed by atoms with van der Waals surface area (Å²) in [6.07, 6.45) is 7.15. The average molecular weight is 382 g/mol. The number of halogens is 1. The first kappa shape index (κ1) is 18.6. The number of benzene rings is 1. The van der Waals surface area contributed by atoms with Gasteiger partial charge in [0, 0.05) is 75.7 Å². The SMILES string of the molecule is CCCN1CC=C(N2CCN(c3ccc(F)cc3)CC2)c2cn(C)cc2C1=O. The number of hydrogen-bond donors (Lipinski definition) is 0. The Hall–Kier alpha value is -2.76. The monoisotopic (exact) mass is 382 g/mol. The van der Waals surface area contributed by atoms with Gasteiger partial charge in [-0.05, 0) is 36.8 Å². The second-order valence-electron chi connectivity index (χ2n) is 7.54. The number of fused-ring (bicyclic) bond motifs is 1. The molecule has 0 unspecified atom stereocenters. The highest BCUT2D eigenvalue weighted by molar-refractivity contribution is 6.00. The lowest BCUT2D eigenvalue weighted by Gasteiger charge is -2.38. The highest BCUT2D eigenvalue weighted by Crippen LogP contribution is 2.29. The molecule has 1 aromatic heterocycles. The predicted octanol–water partition coefficient (Wildman–Crippen LogP) is 3.19. The van der Waals surface area contributed by atoms with E-state index in [9.17, 15) is 9.18 Å². The smallest absolute Gasteiger partial charge is 0.256 e. The van der Waals surface area contributed by atoms with Crippen molar-refractivity contribution in [3.8, 4) is 0 Å². The Morgan fingerprint density at radius 3 is 2.29 bits per heavy atom. The average Bonchev–Trinajstić information content (AvgIpc) is 3.04. The maximum absolute atomic E-state index is 13.2. The number of anilines is 1. The molecule has 1 saturated heterocycles. The number of rotatable bonds is 4. The Balaban J connectivity index is 1.54. The second-order valence-corrected chi connectivity index (χ2v) is 7.54. The number of aryl methyl sites for hydroxylation is 1. The first-order valence-corrected chi connectivity index (χ1v) is 9.98. The van der Waals surface area contributed by atoms with Gasteiger partial charge in [-0.25, -0.2) is 4.39 Å². The zero-order valence-electron chi connectivity index (χ0n) is 16.6. The first-order chi connectivity index (χ1) is 13.6. The molecule has 2 aliphatic heterocycles. The van der Waals surface area contributed by atoms with Crippen molar-refractivity contribution in [2.24, 2.45) is 7.05 Å². The van der Waals surface area contributed by atoms with Crippen molar-refractivity contribution in [2.75, 3.05) is 44.2 Å². The lowest BCUT2D eigenvalue weighted by atomic mass is 10.1. The molecule has 4 rings (SSSR count). The summed E-state index contributed by atoms with van der Waals surface area (Å²) in [5.41, 5.74) is 4.03. The minimum absolute atomic E-state index is 0.119. The summed E-state index contributed by atoms with van der Waals surface area (Å²) in [6.45, 7) is 7.02. The quantitative estimate of drug-likeness (QED) is 0.814. The lowest BCUT2D eigenvalue weighted by Crippen LogP contribution is -2.45. The minimum Gasteiger partial charge on any atom is -0.368 e. The maximum Gasteiger partial charge on any atom is 0.256 e. The van der Waals surface area contributed by atoms with Crippen LogP contribution in [0.15, 0.2) is 42.7 Å². The molecule has 5 nitrogen and oxygen atoms in total. The number of nitrogens with zero attached hydrogens (tertiary/aromatic N) is 4. The van der Waals surface area contributed by atoms with E-state index in [0.717, 1.165) is 61.7 Å². The van der Waals surface area contributed by atoms with Gasteiger partial charge in [-0.3, -0.25) is 4.79 Å². The normalized spacial score (nSPS) is 17.5. The largest absolute Gasteiger partial charge is 0.368 e. The van der Waals surface area contributed by atoms with Gasteiger partial charge in [-0.2, -0.15) is 0 Å². The fourth-order valence-electron chi connectivity index (χ4n) is 4.14. The second kappa shape index (κ2) is 7.70. The highest BCUT2D eigenvalue weighted by Gasteiger charge is 2.28. The van der Waals surface area contributed by atoms with Crippen LogP contribution in [0.1, 0.15) is 29.3 Å².